The molecule has 0 aliphatic heterocycles. The summed E-state index contributed by atoms with van der Waals surface area (Å²) < 4.78 is 2.36. The molecule has 0 radical (unpaired) electrons. The van der Waals surface area contributed by atoms with E-state index in [9.17, 15) is 0 Å². The van der Waals surface area contributed by atoms with E-state index in [1.54, 1.807) is 11.3 Å². The molecule has 4 heteroatoms. The van der Waals surface area contributed by atoms with Gasteiger partial charge in [0.2, 0.25) is 0 Å². The maximum Gasteiger partial charge on any atom is 0.115 e. The van der Waals surface area contributed by atoms with Gasteiger partial charge in [0, 0.05) is 29.5 Å². The highest BCUT2D eigenvalue weighted by Crippen LogP contribution is 2.41. The van der Waals surface area contributed by atoms with E-state index in [2.05, 4.69) is 42.6 Å². The van der Waals surface area contributed by atoms with Gasteiger partial charge in [-0.2, -0.15) is 0 Å². The van der Waals surface area contributed by atoms with Crippen LogP contribution in [0, 0.1) is 5.41 Å². The van der Waals surface area contributed by atoms with E-state index >= 15 is 0 Å². The van der Waals surface area contributed by atoms with E-state index in [4.69, 9.17) is 5.73 Å². The molecule has 2 heterocycles. The maximum absolute atomic E-state index is 6.33. The predicted octanol–water partition coefficient (Wildman–Crippen LogP) is 3.53. The van der Waals surface area contributed by atoms with Crippen LogP contribution in [0.3, 0.4) is 0 Å². The molecule has 0 saturated carbocycles. The molecule has 2 atom stereocenters. The van der Waals surface area contributed by atoms with Crippen molar-refractivity contribution in [3.8, 4) is 0 Å². The second kappa shape index (κ2) is 4.46. The van der Waals surface area contributed by atoms with Crippen molar-refractivity contribution in [2.75, 3.05) is 0 Å². The second-order valence-electron chi connectivity index (χ2n) is 6.32. The van der Waals surface area contributed by atoms with Crippen molar-refractivity contribution in [1.29, 1.82) is 0 Å². The quantitative estimate of drug-likeness (QED) is 0.911. The Morgan fingerprint density at radius 3 is 3.00 bits per heavy atom. The number of aromatic nitrogens is 2. The minimum atomic E-state index is 0.170. The smallest absolute Gasteiger partial charge is 0.115 e. The molecule has 102 valence electrons. The maximum atomic E-state index is 6.33. The minimum absolute atomic E-state index is 0.170. The molecule has 0 saturated heterocycles. The van der Waals surface area contributed by atoms with E-state index in [0.717, 1.165) is 17.8 Å². The summed E-state index contributed by atoms with van der Waals surface area (Å²) in [6.45, 7) is 6.83. The lowest BCUT2D eigenvalue weighted by Crippen LogP contribution is -2.31. The Balaban J connectivity index is 2.01. The molecule has 19 heavy (non-hydrogen) atoms. The van der Waals surface area contributed by atoms with Gasteiger partial charge in [0.15, 0.2) is 0 Å². The molecule has 0 spiro atoms. The van der Waals surface area contributed by atoms with Gasteiger partial charge in [-0.1, -0.05) is 13.8 Å². The third-order valence-corrected chi connectivity index (χ3v) is 5.05. The third kappa shape index (κ3) is 2.23. The number of rotatable bonds is 2. The van der Waals surface area contributed by atoms with Gasteiger partial charge < -0.3 is 10.3 Å². The van der Waals surface area contributed by atoms with Crippen molar-refractivity contribution >= 4 is 11.3 Å². The van der Waals surface area contributed by atoms with Gasteiger partial charge in [0.25, 0.3) is 0 Å². The van der Waals surface area contributed by atoms with Crippen molar-refractivity contribution in [2.45, 2.75) is 45.7 Å². The lowest BCUT2D eigenvalue weighted by atomic mass is 9.74. The fourth-order valence-electron chi connectivity index (χ4n) is 3.18. The van der Waals surface area contributed by atoms with Crippen molar-refractivity contribution < 1.29 is 0 Å². The van der Waals surface area contributed by atoms with Crippen molar-refractivity contribution in [3.05, 3.63) is 40.1 Å². The van der Waals surface area contributed by atoms with E-state index < -0.39 is 0 Å². The molecule has 0 amide bonds. The summed E-state index contributed by atoms with van der Waals surface area (Å²) in [6.07, 6.45) is 6.22. The molecular formula is C15H21N3S. The highest BCUT2D eigenvalue weighted by atomic mass is 32.1. The van der Waals surface area contributed by atoms with Gasteiger partial charge in [0.1, 0.15) is 5.01 Å². The largest absolute Gasteiger partial charge is 0.342 e. The van der Waals surface area contributed by atoms with Crippen LogP contribution in [0.2, 0.25) is 0 Å². The van der Waals surface area contributed by atoms with Gasteiger partial charge in [-0.15, -0.1) is 11.3 Å². The SMILES string of the molecule is CC(c1nccs1)n1ccc2c1CC(C)(C)CC2N. The Labute approximate surface area is 118 Å². The van der Waals surface area contributed by atoms with Crippen molar-refractivity contribution in [2.24, 2.45) is 11.1 Å². The molecule has 2 aromatic rings. The Morgan fingerprint density at radius 2 is 2.32 bits per heavy atom. The first kappa shape index (κ1) is 12.9. The van der Waals surface area contributed by atoms with Gasteiger partial charge in [-0.25, -0.2) is 4.98 Å². The van der Waals surface area contributed by atoms with Crippen LogP contribution in [0.25, 0.3) is 0 Å². The van der Waals surface area contributed by atoms with Gasteiger partial charge in [0.05, 0.1) is 6.04 Å². The average Bonchev–Trinajstić information content (AvgIpc) is 2.94. The zero-order valence-corrected chi connectivity index (χ0v) is 12.6. The molecule has 3 rings (SSSR count). The highest BCUT2D eigenvalue weighted by Gasteiger charge is 2.33. The summed E-state index contributed by atoms with van der Waals surface area (Å²) in [4.78, 5) is 4.44. The topological polar surface area (TPSA) is 43.8 Å². The number of fused-ring (bicyclic) bond motifs is 1. The minimum Gasteiger partial charge on any atom is -0.342 e. The number of nitrogens with zero attached hydrogens (tertiary/aromatic N) is 2. The molecule has 2 unspecified atom stereocenters. The predicted molar refractivity (Wildman–Crippen MR) is 79.4 cm³/mol. The third-order valence-electron chi connectivity index (χ3n) is 4.10. The molecule has 0 fully saturated rings. The fourth-order valence-corrected chi connectivity index (χ4v) is 3.87. The van der Waals surface area contributed by atoms with Crippen LogP contribution in [0.4, 0.5) is 0 Å². The zero-order chi connectivity index (χ0) is 13.6. The Bertz CT molecular complexity index is 568. The van der Waals surface area contributed by atoms with Crippen LogP contribution in [-0.2, 0) is 6.42 Å². The van der Waals surface area contributed by atoms with Crippen LogP contribution in [-0.4, -0.2) is 9.55 Å². The van der Waals surface area contributed by atoms with Gasteiger partial charge in [-0.05, 0) is 36.8 Å². The summed E-state index contributed by atoms with van der Waals surface area (Å²) in [5.74, 6) is 0. The number of hydrogen-bond donors (Lipinski definition) is 1. The molecule has 2 N–H and O–H groups in total. The lowest BCUT2D eigenvalue weighted by Gasteiger charge is -2.35. The lowest BCUT2D eigenvalue weighted by molar-refractivity contribution is 0.274. The van der Waals surface area contributed by atoms with Crippen molar-refractivity contribution in [3.63, 3.8) is 0 Å². The summed E-state index contributed by atoms with van der Waals surface area (Å²) >= 11 is 1.72. The molecule has 3 nitrogen and oxygen atoms in total. The zero-order valence-electron chi connectivity index (χ0n) is 11.8. The number of nitrogens with two attached hydrogens (primary N) is 1. The number of hydrogen-bond acceptors (Lipinski definition) is 3. The average molecular weight is 275 g/mol. The first-order valence-corrected chi connectivity index (χ1v) is 7.70. The monoisotopic (exact) mass is 275 g/mol. The standard InChI is InChI=1S/C15H21N3S/c1-10(14-17-5-7-19-14)18-6-4-11-12(16)8-15(2,3)9-13(11)18/h4-7,10,12H,8-9,16H2,1-3H3. The summed E-state index contributed by atoms with van der Waals surface area (Å²) in [6, 6.07) is 2.66. The second-order valence-corrected chi connectivity index (χ2v) is 7.25. The van der Waals surface area contributed by atoms with Crippen LogP contribution >= 0.6 is 11.3 Å². The molecule has 0 aromatic carbocycles. The van der Waals surface area contributed by atoms with E-state index in [1.807, 2.05) is 11.6 Å². The summed E-state index contributed by atoms with van der Waals surface area (Å²) in [5, 5.41) is 3.20. The summed E-state index contributed by atoms with van der Waals surface area (Å²) in [5.41, 5.74) is 9.33. The number of thiazole rings is 1. The van der Waals surface area contributed by atoms with Gasteiger partial charge >= 0.3 is 0 Å². The van der Waals surface area contributed by atoms with E-state index in [0.29, 0.717) is 6.04 Å². The van der Waals surface area contributed by atoms with E-state index in [-0.39, 0.29) is 11.5 Å². The Hall–Kier alpha value is -1.13. The fraction of sp³-hybridized carbons (Fsp3) is 0.533. The van der Waals surface area contributed by atoms with Crippen LogP contribution in [0.15, 0.2) is 23.8 Å². The van der Waals surface area contributed by atoms with Crippen molar-refractivity contribution in [1.82, 2.24) is 9.55 Å². The van der Waals surface area contributed by atoms with E-state index in [1.165, 1.54) is 11.3 Å². The molecule has 2 aromatic heterocycles. The normalized spacial score (nSPS) is 23.1. The summed E-state index contributed by atoms with van der Waals surface area (Å²) in [7, 11) is 0. The Morgan fingerprint density at radius 1 is 1.53 bits per heavy atom. The van der Waals surface area contributed by atoms with Crippen LogP contribution < -0.4 is 5.73 Å². The molecule has 1 aliphatic carbocycles. The van der Waals surface area contributed by atoms with Crippen LogP contribution in [0.5, 0.6) is 0 Å². The molecule has 0 bridgehead atoms. The Kier molecular flexibility index (Phi) is 3.02. The highest BCUT2D eigenvalue weighted by molar-refractivity contribution is 7.09. The first-order chi connectivity index (χ1) is 8.98. The molecular weight excluding hydrogens is 254 g/mol. The molecule has 1 aliphatic rings. The van der Waals surface area contributed by atoms with Crippen LogP contribution in [0.1, 0.15) is 55.5 Å². The first-order valence-electron chi connectivity index (χ1n) is 6.82. The van der Waals surface area contributed by atoms with Gasteiger partial charge in [-0.3, -0.25) is 0 Å².